The first-order valence-corrected chi connectivity index (χ1v) is 7.57. The molecule has 0 unspecified atom stereocenters. The Balaban J connectivity index is 1.93. The Labute approximate surface area is 131 Å². The van der Waals surface area contributed by atoms with Crippen LogP contribution in [0.15, 0.2) is 24.3 Å². The molecule has 7 nitrogen and oxygen atoms in total. The van der Waals surface area contributed by atoms with Gasteiger partial charge in [-0.15, -0.1) is 5.10 Å². The molecule has 0 aliphatic heterocycles. The number of nitrogens with one attached hydrogen (secondary N) is 2. The Morgan fingerprint density at radius 2 is 1.82 bits per heavy atom. The van der Waals surface area contributed by atoms with E-state index in [-0.39, 0.29) is 0 Å². The molecule has 2 N–H and O–H groups in total. The maximum absolute atomic E-state index is 11.9. The minimum absolute atomic E-state index is 0.398. The van der Waals surface area contributed by atoms with Gasteiger partial charge in [0.2, 0.25) is 0 Å². The number of carbonyl (C=O) groups is 2. The Morgan fingerprint density at radius 1 is 1.14 bits per heavy atom. The van der Waals surface area contributed by atoms with Crippen molar-refractivity contribution in [1.29, 1.82) is 0 Å². The first kappa shape index (κ1) is 15.9. The van der Waals surface area contributed by atoms with Gasteiger partial charge in [-0.25, -0.2) is 0 Å². The van der Waals surface area contributed by atoms with E-state index in [0.717, 1.165) is 11.5 Å². The van der Waals surface area contributed by atoms with Gasteiger partial charge in [0.15, 0.2) is 0 Å². The minimum atomic E-state index is -0.425. The number of hydrogen-bond donors (Lipinski definition) is 2. The molecule has 2 rings (SSSR count). The number of benzene rings is 1. The predicted octanol–water partition coefficient (Wildman–Crippen LogP) is 1.57. The molecule has 22 heavy (non-hydrogen) atoms. The van der Waals surface area contributed by atoms with Gasteiger partial charge in [0.25, 0.3) is 11.8 Å². The summed E-state index contributed by atoms with van der Waals surface area (Å²) in [5.41, 5.74) is 5.75. The van der Waals surface area contributed by atoms with Gasteiger partial charge in [0.05, 0.1) is 12.3 Å². The predicted molar refractivity (Wildman–Crippen MR) is 81.8 cm³/mol. The number of aryl methyl sites for hydroxylation is 1. The fourth-order valence-corrected chi connectivity index (χ4v) is 2.37. The highest BCUT2D eigenvalue weighted by Crippen LogP contribution is 2.12. The maximum atomic E-state index is 11.9. The lowest BCUT2D eigenvalue weighted by atomic mass is 10.2. The number of carbonyl (C=O) groups excluding carboxylic acids is 2. The average Bonchev–Trinajstić information content (AvgIpc) is 3.02. The lowest BCUT2D eigenvalue weighted by molar-refractivity contribution is 0.0848. The van der Waals surface area contributed by atoms with E-state index >= 15 is 0 Å². The molecule has 2 aromatic rings. The smallest absolute Gasteiger partial charge is 0.283 e. The summed E-state index contributed by atoms with van der Waals surface area (Å²) in [4.78, 5) is 24.3. The van der Waals surface area contributed by atoms with Crippen molar-refractivity contribution >= 4 is 23.3 Å². The van der Waals surface area contributed by atoms with Crippen LogP contribution in [0.2, 0.25) is 0 Å². The van der Waals surface area contributed by atoms with Crippen LogP contribution in [0.5, 0.6) is 5.75 Å². The van der Waals surface area contributed by atoms with Gasteiger partial charge in [-0.3, -0.25) is 20.4 Å². The number of rotatable bonds is 5. The molecule has 1 aromatic carbocycles. The van der Waals surface area contributed by atoms with Gasteiger partial charge in [0.1, 0.15) is 10.6 Å². The van der Waals surface area contributed by atoms with Crippen LogP contribution in [-0.4, -0.2) is 28.0 Å². The fourth-order valence-electron chi connectivity index (χ4n) is 1.72. The van der Waals surface area contributed by atoms with E-state index in [9.17, 15) is 9.59 Å². The van der Waals surface area contributed by atoms with Gasteiger partial charge in [-0.2, -0.15) is 0 Å². The van der Waals surface area contributed by atoms with E-state index < -0.39 is 11.8 Å². The third kappa shape index (κ3) is 3.79. The monoisotopic (exact) mass is 320 g/mol. The van der Waals surface area contributed by atoms with Crippen LogP contribution in [0, 0.1) is 0 Å². The highest BCUT2D eigenvalue weighted by molar-refractivity contribution is 7.08. The van der Waals surface area contributed by atoms with Crippen LogP contribution >= 0.6 is 11.5 Å². The molecule has 2 amide bonds. The summed E-state index contributed by atoms with van der Waals surface area (Å²) in [6.07, 6.45) is 0.603. The average molecular weight is 320 g/mol. The standard InChI is InChI=1S/C14H16N4O3S/c1-3-11-12(22-18-15-11)14(20)17-16-13(19)9-5-7-10(8-6-9)21-4-2/h5-8H,3-4H2,1-2H3,(H,16,19)(H,17,20). The molecule has 1 aromatic heterocycles. The number of amides is 2. The van der Waals surface area contributed by atoms with Crippen LogP contribution in [0.3, 0.4) is 0 Å². The van der Waals surface area contributed by atoms with Crippen LogP contribution < -0.4 is 15.6 Å². The van der Waals surface area contributed by atoms with E-state index in [1.165, 1.54) is 0 Å². The maximum Gasteiger partial charge on any atom is 0.283 e. The van der Waals surface area contributed by atoms with Gasteiger partial charge in [-0.1, -0.05) is 11.4 Å². The van der Waals surface area contributed by atoms with Crippen LogP contribution in [-0.2, 0) is 6.42 Å². The Bertz CT molecular complexity index is 654. The second kappa shape index (κ2) is 7.51. The van der Waals surface area contributed by atoms with Gasteiger partial charge in [-0.05, 0) is 49.1 Å². The molecule has 1 heterocycles. The third-order valence-corrected chi connectivity index (χ3v) is 3.58. The van der Waals surface area contributed by atoms with Gasteiger partial charge in [0, 0.05) is 5.56 Å². The first-order chi connectivity index (χ1) is 10.7. The summed E-state index contributed by atoms with van der Waals surface area (Å²) in [6.45, 7) is 4.32. The van der Waals surface area contributed by atoms with E-state index in [0.29, 0.717) is 34.9 Å². The summed E-state index contributed by atoms with van der Waals surface area (Å²) < 4.78 is 9.03. The number of aromatic nitrogens is 2. The van der Waals surface area contributed by atoms with Crippen molar-refractivity contribution < 1.29 is 14.3 Å². The van der Waals surface area contributed by atoms with Crippen LogP contribution in [0.25, 0.3) is 0 Å². The zero-order chi connectivity index (χ0) is 15.9. The number of hydrogen-bond acceptors (Lipinski definition) is 6. The lowest BCUT2D eigenvalue weighted by Gasteiger charge is -2.07. The molecular formula is C14H16N4O3S. The Kier molecular flexibility index (Phi) is 5.42. The van der Waals surface area contributed by atoms with Crippen molar-refractivity contribution in [3.05, 3.63) is 40.4 Å². The van der Waals surface area contributed by atoms with Crippen molar-refractivity contribution in [2.45, 2.75) is 20.3 Å². The highest BCUT2D eigenvalue weighted by Gasteiger charge is 2.15. The zero-order valence-electron chi connectivity index (χ0n) is 12.3. The van der Waals surface area contributed by atoms with Crippen molar-refractivity contribution in [3.8, 4) is 5.75 Å². The molecule has 0 aliphatic rings. The summed E-state index contributed by atoms with van der Waals surface area (Å²) in [6, 6.07) is 6.64. The summed E-state index contributed by atoms with van der Waals surface area (Å²) in [7, 11) is 0. The third-order valence-electron chi connectivity index (χ3n) is 2.81. The first-order valence-electron chi connectivity index (χ1n) is 6.80. The molecule has 0 saturated carbocycles. The molecule has 0 spiro atoms. The second-order valence-corrected chi connectivity index (χ2v) is 5.02. The molecule has 0 atom stereocenters. The van der Waals surface area contributed by atoms with E-state index in [1.807, 2.05) is 13.8 Å². The number of nitrogens with zero attached hydrogens (tertiary/aromatic N) is 2. The second-order valence-electron chi connectivity index (χ2n) is 4.27. The molecule has 0 saturated heterocycles. The number of hydrazine groups is 1. The summed E-state index contributed by atoms with van der Waals surface area (Å²) in [5, 5.41) is 3.85. The lowest BCUT2D eigenvalue weighted by Crippen LogP contribution is -2.41. The SMILES string of the molecule is CCOc1ccc(C(=O)NNC(=O)c2snnc2CC)cc1. The van der Waals surface area contributed by atoms with Gasteiger partial charge < -0.3 is 4.74 Å². The molecule has 0 aliphatic carbocycles. The van der Waals surface area contributed by atoms with Crippen molar-refractivity contribution in [1.82, 2.24) is 20.4 Å². The molecule has 8 heteroatoms. The number of ether oxygens (including phenoxy) is 1. The van der Waals surface area contributed by atoms with E-state index in [4.69, 9.17) is 4.74 Å². The van der Waals surface area contributed by atoms with E-state index in [1.54, 1.807) is 24.3 Å². The van der Waals surface area contributed by atoms with Gasteiger partial charge >= 0.3 is 0 Å². The Hall–Kier alpha value is -2.48. The van der Waals surface area contributed by atoms with Crippen molar-refractivity contribution in [3.63, 3.8) is 0 Å². The molecular weight excluding hydrogens is 304 g/mol. The zero-order valence-corrected chi connectivity index (χ0v) is 13.1. The molecule has 116 valence electrons. The highest BCUT2D eigenvalue weighted by atomic mass is 32.1. The van der Waals surface area contributed by atoms with E-state index in [2.05, 4.69) is 20.4 Å². The fraction of sp³-hybridized carbons (Fsp3) is 0.286. The summed E-state index contributed by atoms with van der Waals surface area (Å²) >= 11 is 0.996. The van der Waals surface area contributed by atoms with Crippen LogP contribution in [0.1, 0.15) is 39.6 Å². The molecule has 0 radical (unpaired) electrons. The topological polar surface area (TPSA) is 93.2 Å². The largest absolute Gasteiger partial charge is 0.494 e. The normalized spacial score (nSPS) is 10.1. The molecule has 0 bridgehead atoms. The van der Waals surface area contributed by atoms with Crippen molar-refractivity contribution in [2.75, 3.05) is 6.61 Å². The van der Waals surface area contributed by atoms with Crippen LogP contribution in [0.4, 0.5) is 0 Å². The minimum Gasteiger partial charge on any atom is -0.494 e. The quantitative estimate of drug-likeness (QED) is 0.816. The Morgan fingerprint density at radius 3 is 2.45 bits per heavy atom. The van der Waals surface area contributed by atoms with Crippen molar-refractivity contribution in [2.24, 2.45) is 0 Å². The molecule has 0 fully saturated rings. The summed E-state index contributed by atoms with van der Waals surface area (Å²) in [5.74, 6) is -0.149.